The van der Waals surface area contributed by atoms with Crippen LogP contribution in [0.15, 0.2) is 39.9 Å². The van der Waals surface area contributed by atoms with Gasteiger partial charge in [-0.3, -0.25) is 9.59 Å². The highest BCUT2D eigenvalue weighted by Crippen LogP contribution is 2.35. The highest BCUT2D eigenvalue weighted by Gasteiger charge is 2.25. The van der Waals surface area contributed by atoms with Crippen LogP contribution in [0.3, 0.4) is 0 Å². The maximum absolute atomic E-state index is 12.4. The summed E-state index contributed by atoms with van der Waals surface area (Å²) < 4.78 is 11.2. The molecule has 3 aromatic carbocycles. The lowest BCUT2D eigenvalue weighted by molar-refractivity contribution is 0.332. The van der Waals surface area contributed by atoms with E-state index >= 15 is 0 Å². The average molecular weight is 379 g/mol. The molecule has 0 aliphatic heterocycles. The van der Waals surface area contributed by atoms with Gasteiger partial charge in [-0.2, -0.15) is 0 Å². The van der Waals surface area contributed by atoms with Crippen LogP contribution in [0.1, 0.15) is 30.5 Å². The summed E-state index contributed by atoms with van der Waals surface area (Å²) in [4.78, 5) is 24.7. The summed E-state index contributed by atoms with van der Waals surface area (Å²) >= 11 is 0. The standard InChI is InChI=1S/C23H25NO4/c1-6-27-16-8-9-19(28-7-2)18(12-16)24-21-20(22(25)23(21)26)17-11-14(4)13(3)10-15(17)5/h8-12,24H,6-7H2,1-5H3. The van der Waals surface area contributed by atoms with Crippen molar-refractivity contribution in [1.82, 2.24) is 0 Å². The van der Waals surface area contributed by atoms with E-state index in [0.717, 1.165) is 22.3 Å². The van der Waals surface area contributed by atoms with Gasteiger partial charge in [0, 0.05) is 6.07 Å². The monoisotopic (exact) mass is 379 g/mol. The summed E-state index contributed by atoms with van der Waals surface area (Å²) in [6, 6.07) is 9.39. The minimum absolute atomic E-state index is 0.297. The minimum atomic E-state index is -0.517. The van der Waals surface area contributed by atoms with Gasteiger partial charge in [-0.1, -0.05) is 12.1 Å². The highest BCUT2D eigenvalue weighted by molar-refractivity contribution is 5.87. The molecule has 0 heterocycles. The van der Waals surface area contributed by atoms with Crippen molar-refractivity contribution in [3.8, 4) is 22.6 Å². The van der Waals surface area contributed by atoms with Gasteiger partial charge in [0.1, 0.15) is 17.2 Å². The first-order valence-electron chi connectivity index (χ1n) is 9.45. The summed E-state index contributed by atoms with van der Waals surface area (Å²) in [6.45, 7) is 10.8. The molecule has 0 atom stereocenters. The van der Waals surface area contributed by atoms with Crippen LogP contribution in [-0.2, 0) is 0 Å². The molecule has 1 N–H and O–H groups in total. The SMILES string of the molecule is CCOc1ccc(OCC)c(Nc2c(-c3cc(C)c(C)cc3C)c(=O)c2=O)c1. The van der Waals surface area contributed by atoms with Gasteiger partial charge in [-0.25, -0.2) is 0 Å². The fourth-order valence-electron chi connectivity index (χ4n) is 3.28. The Kier molecular flexibility index (Phi) is 5.54. The third-order valence-corrected chi connectivity index (χ3v) is 4.84. The predicted molar refractivity (Wildman–Crippen MR) is 113 cm³/mol. The van der Waals surface area contributed by atoms with Crippen LogP contribution in [0, 0.1) is 20.8 Å². The van der Waals surface area contributed by atoms with Gasteiger partial charge in [-0.15, -0.1) is 0 Å². The number of benzene rings is 2. The molecule has 0 fully saturated rings. The Hall–Kier alpha value is -3.08. The van der Waals surface area contributed by atoms with Crippen molar-refractivity contribution in [2.75, 3.05) is 18.5 Å². The molecule has 0 saturated heterocycles. The smallest absolute Gasteiger partial charge is 0.250 e. The first-order valence-corrected chi connectivity index (χ1v) is 9.45. The summed E-state index contributed by atoms with van der Waals surface area (Å²) in [6.07, 6.45) is 0. The first-order chi connectivity index (χ1) is 13.4. The lowest BCUT2D eigenvalue weighted by atomic mass is 9.91. The fraction of sp³-hybridized carbons (Fsp3) is 0.304. The average Bonchev–Trinajstić information content (AvgIpc) is 2.67. The zero-order chi connectivity index (χ0) is 20.4. The van der Waals surface area contributed by atoms with Gasteiger partial charge in [0.25, 0.3) is 5.43 Å². The molecule has 3 aromatic rings. The van der Waals surface area contributed by atoms with E-state index in [4.69, 9.17) is 9.47 Å². The number of nitrogens with one attached hydrogen (secondary N) is 1. The molecule has 0 spiro atoms. The van der Waals surface area contributed by atoms with E-state index in [2.05, 4.69) is 5.32 Å². The maximum Gasteiger partial charge on any atom is 0.250 e. The van der Waals surface area contributed by atoms with Gasteiger partial charge >= 0.3 is 0 Å². The molecule has 0 aliphatic carbocycles. The molecular formula is C23H25NO4. The Bertz CT molecular complexity index is 1090. The molecule has 3 rings (SSSR count). The lowest BCUT2D eigenvalue weighted by Gasteiger charge is -2.19. The van der Waals surface area contributed by atoms with Crippen LogP contribution < -0.4 is 25.6 Å². The molecular weight excluding hydrogens is 354 g/mol. The number of ether oxygens (including phenoxy) is 2. The Morgan fingerprint density at radius 2 is 1.50 bits per heavy atom. The van der Waals surface area contributed by atoms with E-state index in [9.17, 15) is 9.59 Å². The normalized spacial score (nSPS) is 10.9. The third-order valence-electron chi connectivity index (χ3n) is 4.84. The predicted octanol–water partition coefficient (Wildman–Crippen LogP) is 4.42. The quantitative estimate of drug-likeness (QED) is 0.616. The van der Waals surface area contributed by atoms with Crippen molar-refractivity contribution in [2.45, 2.75) is 34.6 Å². The molecule has 0 saturated carbocycles. The van der Waals surface area contributed by atoms with Gasteiger partial charge in [-0.05, 0) is 69.0 Å². The lowest BCUT2D eigenvalue weighted by Crippen LogP contribution is -2.35. The molecule has 0 aromatic heterocycles. The molecule has 5 nitrogen and oxygen atoms in total. The summed E-state index contributed by atoms with van der Waals surface area (Å²) in [5, 5.41) is 3.12. The Morgan fingerprint density at radius 3 is 2.18 bits per heavy atom. The molecule has 0 aliphatic rings. The molecule has 0 unspecified atom stereocenters. The zero-order valence-corrected chi connectivity index (χ0v) is 16.9. The zero-order valence-electron chi connectivity index (χ0n) is 16.9. The molecule has 0 amide bonds. The topological polar surface area (TPSA) is 64.6 Å². The van der Waals surface area contributed by atoms with E-state index in [1.165, 1.54) is 0 Å². The van der Waals surface area contributed by atoms with Crippen LogP contribution in [0.5, 0.6) is 11.5 Å². The van der Waals surface area contributed by atoms with Crippen molar-refractivity contribution in [3.63, 3.8) is 0 Å². The molecule has 0 radical (unpaired) electrons. The second-order valence-corrected chi connectivity index (χ2v) is 6.81. The van der Waals surface area contributed by atoms with Crippen LogP contribution in [-0.4, -0.2) is 13.2 Å². The Balaban J connectivity index is 2.07. The second-order valence-electron chi connectivity index (χ2n) is 6.81. The molecule has 28 heavy (non-hydrogen) atoms. The second kappa shape index (κ2) is 7.89. The summed E-state index contributed by atoms with van der Waals surface area (Å²) in [5.74, 6) is 1.26. The van der Waals surface area contributed by atoms with E-state index in [1.54, 1.807) is 12.1 Å². The van der Waals surface area contributed by atoms with E-state index in [0.29, 0.717) is 41.7 Å². The number of rotatable bonds is 7. The van der Waals surface area contributed by atoms with Crippen molar-refractivity contribution in [3.05, 3.63) is 67.5 Å². The number of hydrogen-bond donors (Lipinski definition) is 1. The molecule has 5 heteroatoms. The third kappa shape index (κ3) is 3.52. The molecule has 0 bridgehead atoms. The number of aryl methyl sites for hydroxylation is 3. The van der Waals surface area contributed by atoms with Gasteiger partial charge in [0.15, 0.2) is 0 Å². The number of hydrogen-bond acceptors (Lipinski definition) is 5. The Morgan fingerprint density at radius 1 is 0.821 bits per heavy atom. The van der Waals surface area contributed by atoms with Crippen molar-refractivity contribution >= 4 is 11.4 Å². The first kappa shape index (κ1) is 19.7. The van der Waals surface area contributed by atoms with Crippen LogP contribution >= 0.6 is 0 Å². The summed E-state index contributed by atoms with van der Waals surface area (Å²) in [5.41, 5.74) is 4.32. The minimum Gasteiger partial charge on any atom is -0.494 e. The van der Waals surface area contributed by atoms with Crippen LogP contribution in [0.2, 0.25) is 0 Å². The molecule has 146 valence electrons. The summed E-state index contributed by atoms with van der Waals surface area (Å²) in [7, 11) is 0. The van der Waals surface area contributed by atoms with Crippen molar-refractivity contribution in [2.24, 2.45) is 0 Å². The largest absolute Gasteiger partial charge is 0.494 e. The van der Waals surface area contributed by atoms with Crippen LogP contribution in [0.4, 0.5) is 11.4 Å². The van der Waals surface area contributed by atoms with E-state index < -0.39 is 10.9 Å². The number of anilines is 2. The van der Waals surface area contributed by atoms with Crippen LogP contribution in [0.25, 0.3) is 11.1 Å². The Labute approximate surface area is 164 Å². The van der Waals surface area contributed by atoms with Gasteiger partial charge in [0.05, 0.1) is 24.5 Å². The van der Waals surface area contributed by atoms with E-state index in [-0.39, 0.29) is 0 Å². The van der Waals surface area contributed by atoms with E-state index in [1.807, 2.05) is 52.8 Å². The van der Waals surface area contributed by atoms with Crippen molar-refractivity contribution in [1.29, 1.82) is 0 Å². The fourth-order valence-corrected chi connectivity index (χ4v) is 3.28. The maximum atomic E-state index is 12.4. The highest BCUT2D eigenvalue weighted by atomic mass is 16.5. The van der Waals surface area contributed by atoms with Gasteiger partial charge in [0.2, 0.25) is 5.43 Å². The van der Waals surface area contributed by atoms with Crippen molar-refractivity contribution < 1.29 is 9.47 Å². The van der Waals surface area contributed by atoms with Gasteiger partial charge < -0.3 is 14.8 Å².